The number of urea groups is 1. The van der Waals surface area contributed by atoms with Gasteiger partial charge in [-0.2, -0.15) is 5.10 Å². The van der Waals surface area contributed by atoms with Gasteiger partial charge in [0, 0.05) is 25.1 Å². The molecule has 2 N–H and O–H groups in total. The predicted molar refractivity (Wildman–Crippen MR) is 118 cm³/mol. The Morgan fingerprint density at radius 2 is 1.94 bits per heavy atom. The van der Waals surface area contributed by atoms with Crippen molar-refractivity contribution >= 4 is 27.6 Å². The maximum atomic E-state index is 12.1. The summed E-state index contributed by atoms with van der Waals surface area (Å²) in [4.78, 5) is 21.1. The molecular weight excluding hydrogens is 412 g/mol. The number of hydrogen-bond donors (Lipinski definition) is 2. The number of fused-ring (bicyclic) bond motifs is 1. The van der Waals surface area contributed by atoms with Gasteiger partial charge < -0.3 is 15.1 Å². The number of benzene rings is 1. The van der Waals surface area contributed by atoms with Crippen LogP contribution >= 0.6 is 11.3 Å². The van der Waals surface area contributed by atoms with Crippen molar-refractivity contribution in [3.05, 3.63) is 84.5 Å². The molecule has 2 amide bonds. The summed E-state index contributed by atoms with van der Waals surface area (Å²) in [6.07, 6.45) is 5.24. The summed E-state index contributed by atoms with van der Waals surface area (Å²) in [5.74, 6) is 2.08. The van der Waals surface area contributed by atoms with Crippen LogP contribution < -0.4 is 10.6 Å². The number of pyridine rings is 1. The van der Waals surface area contributed by atoms with Gasteiger partial charge >= 0.3 is 6.03 Å². The fraction of sp³-hybridized carbons (Fsp3) is 0.0909. The summed E-state index contributed by atoms with van der Waals surface area (Å²) in [6.45, 7) is 0.653. The molecule has 9 heteroatoms. The number of hydrogen-bond acceptors (Lipinski definition) is 6. The molecule has 0 bridgehead atoms. The number of furan rings is 1. The first kappa shape index (κ1) is 19.0. The fourth-order valence-electron chi connectivity index (χ4n) is 3.04. The van der Waals surface area contributed by atoms with E-state index in [2.05, 4.69) is 25.7 Å². The molecule has 0 aliphatic heterocycles. The molecule has 0 aliphatic rings. The first-order valence-electron chi connectivity index (χ1n) is 9.66. The Morgan fingerprint density at radius 3 is 2.74 bits per heavy atom. The minimum Gasteiger partial charge on any atom is -0.457 e. The number of nitrogens with one attached hydrogen (secondary N) is 2. The topological polar surface area (TPSA) is 97.9 Å². The molecule has 0 aliphatic carbocycles. The number of amides is 2. The smallest absolute Gasteiger partial charge is 0.315 e. The van der Waals surface area contributed by atoms with Crippen molar-refractivity contribution in [2.45, 2.75) is 13.1 Å². The van der Waals surface area contributed by atoms with Gasteiger partial charge in [0.05, 0.1) is 16.8 Å². The van der Waals surface area contributed by atoms with E-state index in [0.29, 0.717) is 18.1 Å². The molecule has 0 saturated heterocycles. The monoisotopic (exact) mass is 430 g/mol. The maximum Gasteiger partial charge on any atom is 0.315 e. The second kappa shape index (κ2) is 8.41. The largest absolute Gasteiger partial charge is 0.457 e. The Kier molecular flexibility index (Phi) is 5.16. The van der Waals surface area contributed by atoms with Crippen LogP contribution in [0.15, 0.2) is 77.6 Å². The number of carbonyl (C=O) groups is 1. The van der Waals surface area contributed by atoms with Crippen LogP contribution in [-0.4, -0.2) is 25.8 Å². The second-order valence-electron chi connectivity index (χ2n) is 6.76. The van der Waals surface area contributed by atoms with Gasteiger partial charge in [-0.05, 0) is 42.0 Å². The highest BCUT2D eigenvalue weighted by atomic mass is 32.1. The molecule has 0 spiro atoms. The lowest BCUT2D eigenvalue weighted by Gasteiger charge is -2.07. The average Bonchev–Trinajstić information content (AvgIpc) is 3.56. The lowest BCUT2D eigenvalue weighted by molar-refractivity contribution is 0.239. The van der Waals surface area contributed by atoms with Gasteiger partial charge in [0.2, 0.25) is 0 Å². The van der Waals surface area contributed by atoms with Gasteiger partial charge in [0.1, 0.15) is 5.76 Å². The molecule has 4 aromatic heterocycles. The summed E-state index contributed by atoms with van der Waals surface area (Å²) in [5, 5.41) is 10.6. The van der Waals surface area contributed by atoms with E-state index in [-0.39, 0.29) is 12.6 Å². The molecule has 0 radical (unpaired) electrons. The third-order valence-corrected chi connectivity index (χ3v) is 5.64. The highest BCUT2D eigenvalue weighted by molar-refractivity contribution is 7.21. The van der Waals surface area contributed by atoms with E-state index in [1.165, 1.54) is 0 Å². The second-order valence-corrected chi connectivity index (χ2v) is 7.79. The number of para-hydroxylation sites is 1. The van der Waals surface area contributed by atoms with Crippen LogP contribution in [0.3, 0.4) is 0 Å². The third kappa shape index (κ3) is 4.31. The van der Waals surface area contributed by atoms with Gasteiger partial charge in [0.15, 0.2) is 16.6 Å². The van der Waals surface area contributed by atoms with Crippen LogP contribution in [0.25, 0.3) is 26.8 Å². The number of aromatic nitrogens is 4. The van der Waals surface area contributed by atoms with E-state index in [0.717, 1.165) is 26.6 Å². The van der Waals surface area contributed by atoms with E-state index in [9.17, 15) is 4.79 Å². The van der Waals surface area contributed by atoms with Gasteiger partial charge in [-0.3, -0.25) is 0 Å². The minimum absolute atomic E-state index is 0.283. The van der Waals surface area contributed by atoms with Crippen LogP contribution in [-0.2, 0) is 13.1 Å². The van der Waals surface area contributed by atoms with Gasteiger partial charge in [-0.1, -0.05) is 18.2 Å². The van der Waals surface area contributed by atoms with E-state index < -0.39 is 0 Å². The van der Waals surface area contributed by atoms with Crippen molar-refractivity contribution in [2.24, 2.45) is 0 Å². The van der Waals surface area contributed by atoms with Crippen molar-refractivity contribution in [1.29, 1.82) is 0 Å². The number of carbonyl (C=O) groups excluding carboxylic acids is 1. The highest BCUT2D eigenvalue weighted by Crippen LogP contribution is 2.31. The molecule has 0 unspecified atom stereocenters. The zero-order valence-corrected chi connectivity index (χ0v) is 17.2. The summed E-state index contributed by atoms with van der Waals surface area (Å²) < 4.78 is 8.64. The molecule has 31 heavy (non-hydrogen) atoms. The van der Waals surface area contributed by atoms with E-state index in [1.54, 1.807) is 28.4 Å². The molecule has 0 atom stereocenters. The van der Waals surface area contributed by atoms with Crippen LogP contribution in [0.1, 0.15) is 11.3 Å². The molecule has 154 valence electrons. The van der Waals surface area contributed by atoms with Crippen LogP contribution in [0, 0.1) is 0 Å². The molecule has 5 rings (SSSR count). The molecule has 4 heterocycles. The predicted octanol–water partition coefficient (Wildman–Crippen LogP) is 4.14. The van der Waals surface area contributed by atoms with Crippen molar-refractivity contribution < 1.29 is 9.21 Å². The third-order valence-electron chi connectivity index (χ3n) is 4.59. The Balaban J connectivity index is 1.13. The Labute approximate surface area is 181 Å². The number of thiazole rings is 1. The maximum absolute atomic E-state index is 12.1. The summed E-state index contributed by atoms with van der Waals surface area (Å²) in [6, 6.07) is 17.0. The van der Waals surface area contributed by atoms with Gasteiger partial charge in [0.25, 0.3) is 0 Å². The first-order chi connectivity index (χ1) is 15.2. The zero-order chi connectivity index (χ0) is 21.0. The number of rotatable bonds is 6. The summed E-state index contributed by atoms with van der Waals surface area (Å²) in [5.41, 5.74) is 1.84. The van der Waals surface area contributed by atoms with Gasteiger partial charge in [-0.25, -0.2) is 19.4 Å². The zero-order valence-electron chi connectivity index (χ0n) is 16.4. The lowest BCUT2D eigenvalue weighted by atomic mass is 10.3. The molecule has 0 fully saturated rings. The lowest BCUT2D eigenvalue weighted by Crippen LogP contribution is -2.34. The van der Waals surface area contributed by atoms with Crippen LogP contribution in [0.4, 0.5) is 4.79 Å². The van der Waals surface area contributed by atoms with Crippen LogP contribution in [0.2, 0.25) is 0 Å². The fourth-order valence-corrected chi connectivity index (χ4v) is 3.97. The summed E-state index contributed by atoms with van der Waals surface area (Å²) in [7, 11) is 0. The molecule has 8 nitrogen and oxygen atoms in total. The Hall–Kier alpha value is -3.98. The Morgan fingerprint density at radius 1 is 1.03 bits per heavy atom. The quantitative estimate of drug-likeness (QED) is 0.422. The Bertz CT molecular complexity index is 1270. The SMILES string of the molecule is O=C(NCc1ccc(-n2cccn2)nc1)NCc1ccc(-c2nc3ccccc3s2)o1. The average molecular weight is 430 g/mol. The van der Waals surface area contributed by atoms with Crippen molar-refractivity contribution in [3.8, 4) is 16.6 Å². The minimum atomic E-state index is -0.283. The van der Waals surface area contributed by atoms with Crippen molar-refractivity contribution in [1.82, 2.24) is 30.4 Å². The molecular formula is C22H18N6O2S. The first-order valence-corrected chi connectivity index (χ1v) is 10.5. The van der Waals surface area contributed by atoms with Gasteiger partial charge in [-0.15, -0.1) is 11.3 Å². The normalized spacial score (nSPS) is 11.0. The van der Waals surface area contributed by atoms with E-state index in [1.807, 2.05) is 60.8 Å². The molecule has 1 aromatic carbocycles. The van der Waals surface area contributed by atoms with Crippen molar-refractivity contribution in [3.63, 3.8) is 0 Å². The van der Waals surface area contributed by atoms with E-state index in [4.69, 9.17) is 4.42 Å². The van der Waals surface area contributed by atoms with Crippen molar-refractivity contribution in [2.75, 3.05) is 0 Å². The molecule has 0 saturated carbocycles. The molecule has 5 aromatic rings. The van der Waals surface area contributed by atoms with Crippen LogP contribution in [0.5, 0.6) is 0 Å². The standard InChI is InChI=1S/C22H18N6O2S/c29-22(24-13-15-6-9-20(23-12-15)28-11-3-10-26-28)25-14-16-7-8-18(30-16)21-27-17-4-1-2-5-19(17)31-21/h1-12H,13-14H2,(H2,24,25,29). The highest BCUT2D eigenvalue weighted by Gasteiger charge is 2.11. The summed E-state index contributed by atoms with van der Waals surface area (Å²) >= 11 is 1.58. The van der Waals surface area contributed by atoms with E-state index >= 15 is 0 Å². The number of nitrogens with zero attached hydrogens (tertiary/aromatic N) is 4.